The van der Waals surface area contributed by atoms with Crippen LogP contribution in [0.5, 0.6) is 0 Å². The lowest BCUT2D eigenvalue weighted by Crippen LogP contribution is -1.99. The van der Waals surface area contributed by atoms with Gasteiger partial charge in [0, 0.05) is 6.42 Å². The molecule has 4 heteroatoms. The number of allylic oxidation sites excluding steroid dienone is 6. The highest BCUT2D eigenvalue weighted by Gasteiger charge is 1.95. The predicted octanol–water partition coefficient (Wildman–Crippen LogP) is 4.71. The van der Waals surface area contributed by atoms with Crippen LogP contribution in [-0.2, 0) is 4.79 Å². The van der Waals surface area contributed by atoms with Gasteiger partial charge in [0.15, 0.2) is 0 Å². The molecule has 0 fully saturated rings. The molecule has 4 nitrogen and oxygen atoms in total. The molecule has 0 aromatic heterocycles. The van der Waals surface area contributed by atoms with Crippen molar-refractivity contribution in [3.63, 3.8) is 0 Å². The standard InChI is InChI=1S/C22H34O4/c1-2-3-4-5-6-10-15-20(23)17-12-9-13-18-21(24)16-11-7-8-14-19-22(25)26/h6-13,16-17,20-21,23-24H,2-5,14-15,18-19H2,1H3,(H,25,26)/b8-7+,10-6+,13-9+,16-11+,17-12+. The third kappa shape index (κ3) is 18.4. The van der Waals surface area contributed by atoms with Gasteiger partial charge in [-0.3, -0.25) is 4.79 Å². The van der Waals surface area contributed by atoms with Crippen molar-refractivity contribution in [2.75, 3.05) is 0 Å². The van der Waals surface area contributed by atoms with Crippen LogP contribution < -0.4 is 0 Å². The molecule has 0 aliphatic rings. The zero-order valence-corrected chi connectivity index (χ0v) is 15.8. The molecule has 0 aliphatic carbocycles. The Morgan fingerprint density at radius 3 is 2.04 bits per heavy atom. The lowest BCUT2D eigenvalue weighted by molar-refractivity contribution is -0.136. The van der Waals surface area contributed by atoms with Crippen LogP contribution in [0.25, 0.3) is 0 Å². The molecule has 2 atom stereocenters. The fourth-order valence-corrected chi connectivity index (χ4v) is 2.09. The quantitative estimate of drug-likeness (QED) is 0.224. The minimum Gasteiger partial charge on any atom is -0.481 e. The Morgan fingerprint density at radius 2 is 1.42 bits per heavy atom. The number of aliphatic hydroxyl groups is 2. The Hall–Kier alpha value is -1.91. The van der Waals surface area contributed by atoms with E-state index in [9.17, 15) is 15.0 Å². The van der Waals surface area contributed by atoms with E-state index < -0.39 is 18.2 Å². The average molecular weight is 363 g/mol. The van der Waals surface area contributed by atoms with E-state index in [1.165, 1.54) is 19.3 Å². The van der Waals surface area contributed by atoms with Crippen molar-refractivity contribution in [2.24, 2.45) is 0 Å². The molecule has 0 spiro atoms. The van der Waals surface area contributed by atoms with E-state index in [2.05, 4.69) is 13.0 Å². The first-order chi connectivity index (χ1) is 12.6. The molecule has 0 bridgehead atoms. The Labute approximate surface area is 157 Å². The van der Waals surface area contributed by atoms with Crippen LogP contribution >= 0.6 is 0 Å². The van der Waals surface area contributed by atoms with Crippen molar-refractivity contribution in [3.05, 3.63) is 60.8 Å². The van der Waals surface area contributed by atoms with E-state index in [4.69, 9.17) is 5.11 Å². The molecule has 0 saturated heterocycles. The van der Waals surface area contributed by atoms with Crippen molar-refractivity contribution >= 4 is 5.97 Å². The molecular weight excluding hydrogens is 328 g/mol. The fraction of sp³-hybridized carbons (Fsp3) is 0.500. The van der Waals surface area contributed by atoms with Gasteiger partial charge in [-0.05, 0) is 32.1 Å². The smallest absolute Gasteiger partial charge is 0.303 e. The molecule has 0 radical (unpaired) electrons. The summed E-state index contributed by atoms with van der Waals surface area (Å²) in [5.41, 5.74) is 0. The summed E-state index contributed by atoms with van der Waals surface area (Å²) in [5, 5.41) is 28.1. The summed E-state index contributed by atoms with van der Waals surface area (Å²) in [5.74, 6) is -0.815. The van der Waals surface area contributed by atoms with Crippen LogP contribution in [0, 0.1) is 0 Å². The molecule has 0 amide bonds. The van der Waals surface area contributed by atoms with Gasteiger partial charge < -0.3 is 15.3 Å². The van der Waals surface area contributed by atoms with Crippen molar-refractivity contribution in [3.8, 4) is 0 Å². The Bertz CT molecular complexity index is 486. The molecule has 146 valence electrons. The Balaban J connectivity index is 3.85. The van der Waals surface area contributed by atoms with Gasteiger partial charge in [-0.2, -0.15) is 0 Å². The number of aliphatic hydroxyl groups excluding tert-OH is 2. The van der Waals surface area contributed by atoms with E-state index in [0.29, 0.717) is 19.3 Å². The highest BCUT2D eigenvalue weighted by atomic mass is 16.4. The number of unbranched alkanes of at least 4 members (excludes halogenated alkanes) is 3. The van der Waals surface area contributed by atoms with Crippen LogP contribution in [-0.4, -0.2) is 33.5 Å². The number of rotatable bonds is 15. The largest absolute Gasteiger partial charge is 0.481 e. The summed E-state index contributed by atoms with van der Waals surface area (Å²) in [6.45, 7) is 2.18. The summed E-state index contributed by atoms with van der Waals surface area (Å²) >= 11 is 0. The van der Waals surface area contributed by atoms with Gasteiger partial charge in [0.05, 0.1) is 12.2 Å². The zero-order valence-electron chi connectivity index (χ0n) is 15.8. The number of hydrogen-bond donors (Lipinski definition) is 3. The maximum absolute atomic E-state index is 10.3. The molecule has 0 aliphatic heterocycles. The minimum absolute atomic E-state index is 0.114. The highest BCUT2D eigenvalue weighted by Crippen LogP contribution is 2.02. The third-order valence-corrected chi connectivity index (χ3v) is 3.58. The number of aliphatic carboxylic acids is 1. The summed E-state index contributed by atoms with van der Waals surface area (Å²) in [4.78, 5) is 10.3. The fourth-order valence-electron chi connectivity index (χ4n) is 2.09. The molecular formula is C22H34O4. The lowest BCUT2D eigenvalue weighted by atomic mass is 10.1. The molecule has 0 aromatic rings. The van der Waals surface area contributed by atoms with E-state index in [0.717, 1.165) is 6.42 Å². The van der Waals surface area contributed by atoms with Gasteiger partial charge in [0.25, 0.3) is 0 Å². The van der Waals surface area contributed by atoms with E-state index in [1.54, 1.807) is 36.5 Å². The van der Waals surface area contributed by atoms with Gasteiger partial charge in [0.1, 0.15) is 0 Å². The predicted molar refractivity (Wildman–Crippen MR) is 108 cm³/mol. The second kappa shape index (κ2) is 17.9. The second-order valence-electron chi connectivity index (χ2n) is 6.13. The van der Waals surface area contributed by atoms with Gasteiger partial charge >= 0.3 is 5.97 Å². The van der Waals surface area contributed by atoms with Crippen LogP contribution in [0.2, 0.25) is 0 Å². The van der Waals surface area contributed by atoms with Crippen LogP contribution in [0.4, 0.5) is 0 Å². The maximum atomic E-state index is 10.3. The number of carbonyl (C=O) groups is 1. The summed E-state index contributed by atoms with van der Waals surface area (Å²) in [6.07, 6.45) is 23.6. The van der Waals surface area contributed by atoms with Gasteiger partial charge in [0.2, 0.25) is 0 Å². The van der Waals surface area contributed by atoms with Crippen LogP contribution in [0.1, 0.15) is 58.3 Å². The summed E-state index contributed by atoms with van der Waals surface area (Å²) in [6, 6.07) is 0. The van der Waals surface area contributed by atoms with Crippen molar-refractivity contribution in [1.82, 2.24) is 0 Å². The van der Waals surface area contributed by atoms with Crippen molar-refractivity contribution in [2.45, 2.75) is 70.5 Å². The van der Waals surface area contributed by atoms with Gasteiger partial charge in [-0.15, -0.1) is 0 Å². The first-order valence-corrected chi connectivity index (χ1v) is 9.45. The third-order valence-electron chi connectivity index (χ3n) is 3.58. The number of carboxylic acid groups (broad SMARTS) is 1. The molecule has 26 heavy (non-hydrogen) atoms. The van der Waals surface area contributed by atoms with E-state index in [-0.39, 0.29) is 6.42 Å². The zero-order chi connectivity index (χ0) is 19.5. The molecule has 0 aromatic carbocycles. The Morgan fingerprint density at radius 1 is 0.808 bits per heavy atom. The van der Waals surface area contributed by atoms with Crippen molar-refractivity contribution in [1.29, 1.82) is 0 Å². The van der Waals surface area contributed by atoms with Crippen LogP contribution in [0.15, 0.2) is 60.8 Å². The minimum atomic E-state index is -0.815. The summed E-state index contributed by atoms with van der Waals surface area (Å²) < 4.78 is 0. The molecule has 0 heterocycles. The first kappa shape index (κ1) is 24.1. The number of carboxylic acids is 1. The second-order valence-corrected chi connectivity index (χ2v) is 6.13. The Kier molecular flexibility index (Phi) is 16.6. The number of hydrogen-bond acceptors (Lipinski definition) is 3. The topological polar surface area (TPSA) is 77.8 Å². The van der Waals surface area contributed by atoms with E-state index >= 15 is 0 Å². The first-order valence-electron chi connectivity index (χ1n) is 9.45. The SMILES string of the molecule is CCCCC/C=C/CC(O)/C=C/C=C/CC(O)/C=C/C=C/CCC(=O)O. The monoisotopic (exact) mass is 362 g/mol. The van der Waals surface area contributed by atoms with Gasteiger partial charge in [-0.1, -0.05) is 80.5 Å². The molecule has 3 N–H and O–H groups in total. The summed E-state index contributed by atoms with van der Waals surface area (Å²) in [7, 11) is 0. The average Bonchev–Trinajstić information content (AvgIpc) is 2.60. The normalized spacial score (nSPS) is 15.2. The molecule has 0 saturated carbocycles. The van der Waals surface area contributed by atoms with Gasteiger partial charge in [-0.25, -0.2) is 0 Å². The molecule has 0 rings (SSSR count). The molecule has 2 unspecified atom stereocenters. The van der Waals surface area contributed by atoms with Crippen LogP contribution in [0.3, 0.4) is 0 Å². The van der Waals surface area contributed by atoms with E-state index in [1.807, 2.05) is 18.2 Å². The maximum Gasteiger partial charge on any atom is 0.303 e. The van der Waals surface area contributed by atoms with Crippen molar-refractivity contribution < 1.29 is 20.1 Å². The highest BCUT2D eigenvalue weighted by molar-refractivity contribution is 5.66. The lowest BCUT2D eigenvalue weighted by Gasteiger charge is -2.00.